The molecule has 1 aliphatic rings. The number of ether oxygens (including phenoxy) is 1. The Labute approximate surface area is 274 Å². The zero-order chi connectivity index (χ0) is 32.5. The van der Waals surface area contributed by atoms with E-state index >= 15 is 0 Å². The number of carbonyl (C=O) groups is 2. The molecule has 2 aromatic carbocycles. The SMILES string of the molecule is CCc1c(S(=O)(=O)N(CC)c2ccc(Cl)cc2CN(Cc2ccc(Br)o2)C(=O)N2CCOCC2)ccc2oc(C(=O)O)c(C)c12. The van der Waals surface area contributed by atoms with Crippen LogP contribution >= 0.6 is 27.5 Å². The maximum atomic E-state index is 14.5. The van der Waals surface area contributed by atoms with Gasteiger partial charge < -0.3 is 28.5 Å². The van der Waals surface area contributed by atoms with Crippen LogP contribution < -0.4 is 4.31 Å². The van der Waals surface area contributed by atoms with Gasteiger partial charge >= 0.3 is 12.0 Å². The number of urea groups is 1. The first-order valence-corrected chi connectivity index (χ1v) is 17.0. The Morgan fingerprint density at radius 1 is 1.04 bits per heavy atom. The van der Waals surface area contributed by atoms with Gasteiger partial charge in [0, 0.05) is 35.6 Å². The molecule has 14 heteroatoms. The predicted molar refractivity (Wildman–Crippen MR) is 172 cm³/mol. The Morgan fingerprint density at radius 2 is 1.78 bits per heavy atom. The van der Waals surface area contributed by atoms with Crippen LogP contribution in [0.25, 0.3) is 11.0 Å². The van der Waals surface area contributed by atoms with Crippen molar-refractivity contribution in [2.24, 2.45) is 0 Å². The quantitative estimate of drug-likeness (QED) is 0.192. The first-order valence-electron chi connectivity index (χ1n) is 14.4. The zero-order valence-electron chi connectivity index (χ0n) is 25.0. The van der Waals surface area contributed by atoms with Gasteiger partial charge in [0.2, 0.25) is 5.76 Å². The van der Waals surface area contributed by atoms with E-state index < -0.39 is 16.0 Å². The van der Waals surface area contributed by atoms with E-state index in [4.69, 9.17) is 25.2 Å². The Balaban J connectivity index is 1.58. The molecule has 45 heavy (non-hydrogen) atoms. The molecule has 2 aromatic heterocycles. The zero-order valence-corrected chi connectivity index (χ0v) is 28.2. The number of nitrogens with zero attached hydrogens (tertiary/aromatic N) is 3. The molecule has 1 aliphatic heterocycles. The summed E-state index contributed by atoms with van der Waals surface area (Å²) in [4.78, 5) is 28.9. The molecule has 0 radical (unpaired) electrons. The van der Waals surface area contributed by atoms with Crippen LogP contribution in [-0.4, -0.2) is 68.2 Å². The summed E-state index contributed by atoms with van der Waals surface area (Å²) in [7, 11) is -4.19. The van der Waals surface area contributed by atoms with Crippen LogP contribution in [-0.2, 0) is 34.3 Å². The molecule has 0 bridgehead atoms. The number of amides is 2. The van der Waals surface area contributed by atoms with Crippen molar-refractivity contribution in [1.29, 1.82) is 0 Å². The molecule has 0 aliphatic carbocycles. The van der Waals surface area contributed by atoms with Gasteiger partial charge in [-0.05, 0) is 89.8 Å². The van der Waals surface area contributed by atoms with Crippen molar-refractivity contribution in [2.45, 2.75) is 45.2 Å². The number of rotatable bonds is 10. The lowest BCUT2D eigenvalue weighted by Crippen LogP contribution is -2.47. The highest BCUT2D eigenvalue weighted by Gasteiger charge is 2.32. The van der Waals surface area contributed by atoms with Crippen LogP contribution in [0.15, 0.2) is 60.9 Å². The third-order valence-electron chi connectivity index (χ3n) is 7.76. The van der Waals surface area contributed by atoms with Gasteiger partial charge in [0.1, 0.15) is 11.3 Å². The molecule has 1 saturated heterocycles. The summed E-state index contributed by atoms with van der Waals surface area (Å²) < 4.78 is 47.4. The maximum absolute atomic E-state index is 14.5. The normalized spacial score (nSPS) is 13.8. The van der Waals surface area contributed by atoms with Gasteiger partial charge in [0.05, 0.1) is 36.9 Å². The number of sulfonamides is 1. The summed E-state index contributed by atoms with van der Waals surface area (Å²) in [5.74, 6) is -0.909. The third-order valence-corrected chi connectivity index (χ3v) is 10.4. The Hall–Kier alpha value is -3.52. The molecule has 2 amide bonds. The molecule has 5 rings (SSSR count). The van der Waals surface area contributed by atoms with Crippen LogP contribution in [0.3, 0.4) is 0 Å². The van der Waals surface area contributed by atoms with Crippen molar-refractivity contribution in [3.63, 3.8) is 0 Å². The van der Waals surface area contributed by atoms with Crippen molar-refractivity contribution < 1.29 is 36.7 Å². The van der Waals surface area contributed by atoms with E-state index in [0.717, 1.165) is 0 Å². The van der Waals surface area contributed by atoms with Crippen molar-refractivity contribution in [3.8, 4) is 0 Å². The molecule has 1 N–H and O–H groups in total. The van der Waals surface area contributed by atoms with Crippen molar-refractivity contribution in [3.05, 3.63) is 80.4 Å². The van der Waals surface area contributed by atoms with Crippen molar-refractivity contribution >= 4 is 66.2 Å². The summed E-state index contributed by atoms with van der Waals surface area (Å²) in [6.45, 7) is 7.09. The van der Waals surface area contributed by atoms with E-state index in [0.29, 0.717) is 81.5 Å². The van der Waals surface area contributed by atoms with Crippen LogP contribution in [0.4, 0.5) is 10.5 Å². The van der Waals surface area contributed by atoms with Gasteiger partial charge in [-0.25, -0.2) is 18.0 Å². The molecule has 1 fully saturated rings. The van der Waals surface area contributed by atoms with E-state index in [2.05, 4.69) is 15.9 Å². The highest BCUT2D eigenvalue weighted by atomic mass is 79.9. The standard InChI is InChI=1S/C31H33BrClN3O8S/c1-4-23-26(10-9-25-28(23)19(3)29(44-25)30(37)38)45(40,41)36(5-2)24-8-6-21(33)16-20(24)17-35(18-22-7-11-27(32)43-22)31(39)34-12-14-42-15-13-34/h6-11,16H,4-5,12-15,17-18H2,1-3H3,(H,37,38). The lowest BCUT2D eigenvalue weighted by atomic mass is 10.0. The fourth-order valence-electron chi connectivity index (χ4n) is 5.69. The van der Waals surface area contributed by atoms with Crippen molar-refractivity contribution in [2.75, 3.05) is 37.2 Å². The third kappa shape index (κ3) is 6.57. The minimum Gasteiger partial charge on any atom is -0.475 e. The number of aromatic carboxylic acids is 1. The van der Waals surface area contributed by atoms with Crippen LogP contribution in [0, 0.1) is 6.92 Å². The van der Waals surface area contributed by atoms with Crippen LogP contribution in [0.2, 0.25) is 5.02 Å². The Bertz CT molecular complexity index is 1850. The Morgan fingerprint density at radius 3 is 2.40 bits per heavy atom. The molecule has 3 heterocycles. The van der Waals surface area contributed by atoms with Gasteiger partial charge in [-0.3, -0.25) is 4.31 Å². The minimum atomic E-state index is -4.19. The van der Waals surface area contributed by atoms with Crippen LogP contribution in [0.5, 0.6) is 0 Å². The molecule has 4 aromatic rings. The number of hydrogen-bond acceptors (Lipinski definition) is 7. The van der Waals surface area contributed by atoms with E-state index in [-0.39, 0.29) is 36.3 Å². The fraction of sp³-hybridized carbons (Fsp3) is 0.355. The monoisotopic (exact) mass is 721 g/mol. The second-order valence-corrected chi connectivity index (χ2v) is 13.6. The second-order valence-electron chi connectivity index (χ2n) is 10.5. The van der Waals surface area contributed by atoms with E-state index in [1.165, 1.54) is 16.4 Å². The molecule has 0 saturated carbocycles. The number of halogens is 2. The minimum absolute atomic E-state index is 0.0406. The number of fused-ring (bicyclic) bond motifs is 1. The highest BCUT2D eigenvalue weighted by molar-refractivity contribution is 9.10. The molecule has 0 unspecified atom stereocenters. The van der Waals surface area contributed by atoms with Gasteiger partial charge in [0.25, 0.3) is 10.0 Å². The summed E-state index contributed by atoms with van der Waals surface area (Å²) >= 11 is 9.76. The molecular weight excluding hydrogens is 690 g/mol. The van der Waals surface area contributed by atoms with Gasteiger partial charge in [-0.1, -0.05) is 18.5 Å². The number of morpholine rings is 1. The van der Waals surface area contributed by atoms with E-state index in [1.807, 2.05) is 6.92 Å². The maximum Gasteiger partial charge on any atom is 0.372 e. The summed E-state index contributed by atoms with van der Waals surface area (Å²) in [6, 6.07) is 11.1. The number of carbonyl (C=O) groups excluding carboxylic acids is 1. The second kappa shape index (κ2) is 13.5. The van der Waals surface area contributed by atoms with Gasteiger partial charge in [0.15, 0.2) is 4.67 Å². The molecule has 0 spiro atoms. The number of carboxylic acids is 1. The summed E-state index contributed by atoms with van der Waals surface area (Å²) in [6.07, 6.45) is 0.316. The first-order chi connectivity index (χ1) is 21.5. The summed E-state index contributed by atoms with van der Waals surface area (Å²) in [5.41, 5.74) is 2.01. The Kier molecular flexibility index (Phi) is 9.83. The number of aryl methyl sites for hydroxylation is 2. The number of anilines is 1. The van der Waals surface area contributed by atoms with E-state index in [1.54, 1.807) is 54.0 Å². The molecule has 11 nitrogen and oxygen atoms in total. The number of benzene rings is 2. The predicted octanol–water partition coefficient (Wildman–Crippen LogP) is 6.68. The number of hydrogen-bond donors (Lipinski definition) is 1. The molecule has 240 valence electrons. The topological polar surface area (TPSA) is 134 Å². The van der Waals surface area contributed by atoms with E-state index in [9.17, 15) is 23.1 Å². The molecular formula is C31H33BrClN3O8S. The smallest absolute Gasteiger partial charge is 0.372 e. The lowest BCUT2D eigenvalue weighted by Gasteiger charge is -2.34. The fourth-order valence-corrected chi connectivity index (χ4v) is 8.04. The lowest BCUT2D eigenvalue weighted by molar-refractivity contribution is 0.0412. The average molecular weight is 723 g/mol. The van der Waals surface area contributed by atoms with Crippen molar-refractivity contribution in [1.82, 2.24) is 9.80 Å². The summed E-state index contributed by atoms with van der Waals surface area (Å²) in [5, 5.41) is 10.4. The first kappa shape index (κ1) is 32.9. The average Bonchev–Trinajstić information content (AvgIpc) is 3.59. The van der Waals surface area contributed by atoms with Gasteiger partial charge in [-0.2, -0.15) is 0 Å². The molecule has 0 atom stereocenters. The highest BCUT2D eigenvalue weighted by Crippen LogP contribution is 2.37. The van der Waals surface area contributed by atoms with Crippen LogP contribution in [0.1, 0.15) is 46.9 Å². The van der Waals surface area contributed by atoms with Gasteiger partial charge in [-0.15, -0.1) is 0 Å². The number of carboxylic acid groups (broad SMARTS) is 1. The number of furan rings is 2. The largest absolute Gasteiger partial charge is 0.475 e.